The number of nitrogens with two attached hydrogens (primary N) is 1. The molecule has 17 heavy (non-hydrogen) atoms. The minimum atomic E-state index is 0.00357. The molecule has 0 radical (unpaired) electrons. The normalized spacial score (nSPS) is 10.8. The number of thiophene rings is 1. The number of carbonyl (C=O) groups is 1. The molecule has 0 atom stereocenters. The Morgan fingerprint density at radius 3 is 2.82 bits per heavy atom. The maximum absolute atomic E-state index is 12.1. The van der Waals surface area contributed by atoms with E-state index in [9.17, 15) is 4.79 Å². The smallest absolute Gasteiger partial charge is 0.265 e. The van der Waals surface area contributed by atoms with Gasteiger partial charge in [0.15, 0.2) is 0 Å². The highest BCUT2D eigenvalue weighted by atomic mass is 32.1. The van der Waals surface area contributed by atoms with Gasteiger partial charge in [0.2, 0.25) is 0 Å². The van der Waals surface area contributed by atoms with Crippen LogP contribution in [0.2, 0.25) is 0 Å². The van der Waals surface area contributed by atoms with Gasteiger partial charge >= 0.3 is 0 Å². The number of hydrogen-bond donors (Lipinski definition) is 1. The first-order chi connectivity index (χ1) is 8.04. The molecular formula is C13H16N2OS. The van der Waals surface area contributed by atoms with Crippen molar-refractivity contribution >= 4 is 33.0 Å². The Morgan fingerprint density at radius 1 is 1.47 bits per heavy atom. The molecule has 1 heterocycles. The fourth-order valence-electron chi connectivity index (χ4n) is 1.70. The van der Waals surface area contributed by atoms with Gasteiger partial charge < -0.3 is 10.6 Å². The molecule has 0 spiro atoms. The Morgan fingerprint density at radius 2 is 2.18 bits per heavy atom. The minimum Gasteiger partial charge on any atom is -0.397 e. The number of anilines is 1. The Balaban J connectivity index is 2.56. The van der Waals surface area contributed by atoms with Crippen LogP contribution < -0.4 is 5.73 Å². The number of benzene rings is 1. The molecule has 0 aliphatic carbocycles. The molecule has 3 nitrogen and oxygen atoms in total. The molecule has 0 bridgehead atoms. The Hall–Kier alpha value is -1.55. The lowest BCUT2D eigenvalue weighted by atomic mass is 10.1. The van der Waals surface area contributed by atoms with Crippen LogP contribution in [0.25, 0.3) is 10.1 Å². The van der Waals surface area contributed by atoms with Gasteiger partial charge in [-0.05, 0) is 25.5 Å². The molecule has 2 N–H and O–H groups in total. The molecule has 2 rings (SSSR count). The molecule has 1 aromatic heterocycles. The highest BCUT2D eigenvalue weighted by Crippen LogP contribution is 2.34. The van der Waals surface area contributed by atoms with E-state index < -0.39 is 0 Å². The molecule has 0 saturated heterocycles. The molecule has 0 fully saturated rings. The van der Waals surface area contributed by atoms with E-state index in [0.717, 1.165) is 10.1 Å². The van der Waals surface area contributed by atoms with Crippen LogP contribution in [0.5, 0.6) is 0 Å². The predicted molar refractivity (Wildman–Crippen MR) is 73.6 cm³/mol. The molecule has 2 aromatic rings. The number of aryl methyl sites for hydroxylation is 1. The van der Waals surface area contributed by atoms with Crippen LogP contribution in [0.4, 0.5) is 5.69 Å². The largest absolute Gasteiger partial charge is 0.397 e. The van der Waals surface area contributed by atoms with Gasteiger partial charge in [-0.15, -0.1) is 11.3 Å². The zero-order valence-electron chi connectivity index (χ0n) is 10.3. The third-order valence-corrected chi connectivity index (χ3v) is 4.06. The molecule has 4 heteroatoms. The topological polar surface area (TPSA) is 46.3 Å². The van der Waals surface area contributed by atoms with E-state index in [4.69, 9.17) is 5.73 Å². The summed E-state index contributed by atoms with van der Waals surface area (Å²) in [6.07, 6.45) is 0. The zero-order valence-corrected chi connectivity index (χ0v) is 11.1. The van der Waals surface area contributed by atoms with E-state index in [2.05, 4.69) is 6.07 Å². The Labute approximate surface area is 105 Å². The average Bonchev–Trinajstić information content (AvgIpc) is 2.64. The number of rotatable bonds is 2. The van der Waals surface area contributed by atoms with Crippen LogP contribution in [0.1, 0.15) is 22.2 Å². The third kappa shape index (κ3) is 2.00. The summed E-state index contributed by atoms with van der Waals surface area (Å²) in [5.74, 6) is 0.00357. The van der Waals surface area contributed by atoms with Gasteiger partial charge in [0.25, 0.3) is 5.91 Å². The van der Waals surface area contributed by atoms with Crippen LogP contribution in [0.15, 0.2) is 18.2 Å². The van der Waals surface area contributed by atoms with Crippen molar-refractivity contribution in [2.24, 2.45) is 0 Å². The van der Waals surface area contributed by atoms with Crippen LogP contribution in [-0.2, 0) is 0 Å². The molecule has 1 amide bonds. The molecule has 1 aromatic carbocycles. The van der Waals surface area contributed by atoms with Crippen LogP contribution in [0.3, 0.4) is 0 Å². The standard InChI is InChI=1S/C13H16N2OS/c1-4-15(3)13(16)12-11(14)9-6-5-8(2)7-10(9)17-12/h5-7H,4,14H2,1-3H3. The summed E-state index contributed by atoms with van der Waals surface area (Å²) in [5.41, 5.74) is 7.83. The van der Waals surface area contributed by atoms with E-state index >= 15 is 0 Å². The molecule has 0 aliphatic heterocycles. The van der Waals surface area contributed by atoms with Crippen molar-refractivity contribution in [3.05, 3.63) is 28.6 Å². The molecule has 0 unspecified atom stereocenters. The number of hydrogen-bond acceptors (Lipinski definition) is 3. The maximum atomic E-state index is 12.1. The van der Waals surface area contributed by atoms with Crippen molar-refractivity contribution in [1.29, 1.82) is 0 Å². The number of fused-ring (bicyclic) bond motifs is 1. The number of nitrogen functional groups attached to an aromatic ring is 1. The van der Waals surface area contributed by atoms with Crippen molar-refractivity contribution < 1.29 is 4.79 Å². The molecular weight excluding hydrogens is 232 g/mol. The minimum absolute atomic E-state index is 0.00357. The quantitative estimate of drug-likeness (QED) is 0.888. The second-order valence-electron chi connectivity index (χ2n) is 4.16. The number of nitrogens with zero attached hydrogens (tertiary/aromatic N) is 1. The summed E-state index contributed by atoms with van der Waals surface area (Å²) >= 11 is 1.47. The summed E-state index contributed by atoms with van der Waals surface area (Å²) in [6.45, 7) is 4.67. The summed E-state index contributed by atoms with van der Waals surface area (Å²) in [4.78, 5) is 14.4. The number of carbonyl (C=O) groups excluding carboxylic acids is 1. The van der Waals surface area contributed by atoms with Crippen molar-refractivity contribution in [3.63, 3.8) is 0 Å². The van der Waals surface area contributed by atoms with Gasteiger partial charge in [-0.1, -0.05) is 12.1 Å². The lowest BCUT2D eigenvalue weighted by molar-refractivity contribution is 0.0808. The molecule has 0 aliphatic rings. The highest BCUT2D eigenvalue weighted by molar-refractivity contribution is 7.21. The van der Waals surface area contributed by atoms with Gasteiger partial charge in [0.05, 0.1) is 5.69 Å². The van der Waals surface area contributed by atoms with Gasteiger partial charge in [-0.2, -0.15) is 0 Å². The van der Waals surface area contributed by atoms with Crippen LogP contribution in [-0.4, -0.2) is 24.4 Å². The highest BCUT2D eigenvalue weighted by Gasteiger charge is 2.18. The predicted octanol–water partition coefficient (Wildman–Crippen LogP) is 2.88. The van der Waals surface area contributed by atoms with E-state index in [1.54, 1.807) is 11.9 Å². The lowest BCUT2D eigenvalue weighted by Crippen LogP contribution is -2.25. The van der Waals surface area contributed by atoms with E-state index in [1.807, 2.05) is 26.0 Å². The van der Waals surface area contributed by atoms with E-state index in [-0.39, 0.29) is 5.91 Å². The second kappa shape index (κ2) is 4.37. The second-order valence-corrected chi connectivity index (χ2v) is 5.22. The third-order valence-electron chi connectivity index (χ3n) is 2.90. The summed E-state index contributed by atoms with van der Waals surface area (Å²) in [6, 6.07) is 6.07. The fourth-order valence-corrected chi connectivity index (χ4v) is 2.92. The van der Waals surface area contributed by atoms with Crippen molar-refractivity contribution in [2.75, 3.05) is 19.3 Å². The Bertz CT molecular complexity index is 574. The van der Waals surface area contributed by atoms with E-state index in [0.29, 0.717) is 17.1 Å². The van der Waals surface area contributed by atoms with Crippen molar-refractivity contribution in [2.45, 2.75) is 13.8 Å². The zero-order chi connectivity index (χ0) is 12.6. The van der Waals surface area contributed by atoms with Gasteiger partial charge in [-0.3, -0.25) is 4.79 Å². The van der Waals surface area contributed by atoms with Crippen LogP contribution >= 0.6 is 11.3 Å². The first kappa shape index (κ1) is 11.9. The lowest BCUT2D eigenvalue weighted by Gasteiger charge is -2.13. The monoisotopic (exact) mass is 248 g/mol. The first-order valence-corrected chi connectivity index (χ1v) is 6.40. The van der Waals surface area contributed by atoms with Gasteiger partial charge in [-0.25, -0.2) is 0 Å². The number of amides is 1. The fraction of sp³-hybridized carbons (Fsp3) is 0.308. The Kier molecular flexibility index (Phi) is 3.07. The molecule has 90 valence electrons. The van der Waals surface area contributed by atoms with Gasteiger partial charge in [0, 0.05) is 23.7 Å². The maximum Gasteiger partial charge on any atom is 0.265 e. The molecule has 0 saturated carbocycles. The van der Waals surface area contributed by atoms with Crippen molar-refractivity contribution in [3.8, 4) is 0 Å². The summed E-state index contributed by atoms with van der Waals surface area (Å²) in [5, 5.41) is 0.980. The van der Waals surface area contributed by atoms with Gasteiger partial charge in [0.1, 0.15) is 4.88 Å². The van der Waals surface area contributed by atoms with Crippen molar-refractivity contribution in [1.82, 2.24) is 4.90 Å². The van der Waals surface area contributed by atoms with Crippen LogP contribution in [0, 0.1) is 6.92 Å². The summed E-state index contributed by atoms with van der Waals surface area (Å²) in [7, 11) is 1.79. The first-order valence-electron chi connectivity index (χ1n) is 5.58. The average molecular weight is 248 g/mol. The van der Waals surface area contributed by atoms with E-state index in [1.165, 1.54) is 16.9 Å². The summed E-state index contributed by atoms with van der Waals surface area (Å²) < 4.78 is 1.08. The SMILES string of the molecule is CCN(C)C(=O)c1sc2cc(C)ccc2c1N.